The maximum Gasteiger partial charge on any atom is 0.401 e. The molecule has 0 saturated heterocycles. The van der Waals surface area contributed by atoms with Gasteiger partial charge in [0.15, 0.2) is 5.78 Å². The van der Waals surface area contributed by atoms with E-state index in [1.54, 1.807) is 12.1 Å². The van der Waals surface area contributed by atoms with Crippen LogP contribution in [0.15, 0.2) is 22.8 Å². The smallest absolute Gasteiger partial charge is 0.302 e. The first kappa shape index (κ1) is 14.1. The van der Waals surface area contributed by atoms with Crippen LogP contribution in [0, 0.1) is 0 Å². The standard InChI is InChI=1S/C10H10BrF3N2O/c11-7-1-2-8(16-4-7)3-9(17)5-15-6-10(12,13)14/h1-2,4,15H,3,5-6H2. The highest BCUT2D eigenvalue weighted by atomic mass is 79.9. The number of rotatable bonds is 5. The van der Waals surface area contributed by atoms with Crippen molar-refractivity contribution in [2.45, 2.75) is 12.6 Å². The molecule has 0 saturated carbocycles. The summed E-state index contributed by atoms with van der Waals surface area (Å²) in [6.07, 6.45) is -2.74. The molecule has 0 aliphatic rings. The molecule has 0 unspecified atom stereocenters. The summed E-state index contributed by atoms with van der Waals surface area (Å²) in [6.45, 7) is -1.47. The van der Waals surface area contributed by atoms with E-state index in [-0.39, 0.29) is 18.7 Å². The van der Waals surface area contributed by atoms with Gasteiger partial charge in [0.25, 0.3) is 0 Å². The van der Waals surface area contributed by atoms with Crippen LogP contribution < -0.4 is 5.32 Å². The first-order chi connectivity index (χ1) is 7.87. The Hall–Kier alpha value is -0.950. The van der Waals surface area contributed by atoms with Crippen LogP contribution in [-0.2, 0) is 11.2 Å². The molecule has 0 atom stereocenters. The average Bonchev–Trinajstić information content (AvgIpc) is 2.19. The van der Waals surface area contributed by atoms with Gasteiger partial charge in [-0.3, -0.25) is 9.78 Å². The van der Waals surface area contributed by atoms with E-state index in [0.717, 1.165) is 4.47 Å². The lowest BCUT2D eigenvalue weighted by Gasteiger charge is -2.07. The van der Waals surface area contributed by atoms with Crippen LogP contribution in [0.4, 0.5) is 13.2 Å². The van der Waals surface area contributed by atoms with Gasteiger partial charge in [-0.25, -0.2) is 0 Å². The van der Waals surface area contributed by atoms with Gasteiger partial charge in [-0.2, -0.15) is 13.2 Å². The van der Waals surface area contributed by atoms with Crippen molar-refractivity contribution in [1.82, 2.24) is 10.3 Å². The van der Waals surface area contributed by atoms with Crippen LogP contribution in [0.3, 0.4) is 0 Å². The number of Topliss-reactive ketones (excluding diaryl/α,β-unsaturated/α-hetero) is 1. The zero-order valence-electron chi connectivity index (χ0n) is 8.72. The van der Waals surface area contributed by atoms with Gasteiger partial charge in [-0.1, -0.05) is 0 Å². The number of ketones is 1. The lowest BCUT2D eigenvalue weighted by Crippen LogP contribution is -2.33. The molecule has 0 aromatic carbocycles. The summed E-state index contributed by atoms with van der Waals surface area (Å²) in [5.41, 5.74) is 0.534. The normalized spacial score (nSPS) is 11.5. The highest BCUT2D eigenvalue weighted by molar-refractivity contribution is 9.10. The molecule has 7 heteroatoms. The lowest BCUT2D eigenvalue weighted by atomic mass is 10.2. The molecule has 0 fully saturated rings. The van der Waals surface area contributed by atoms with Crippen molar-refractivity contribution in [3.05, 3.63) is 28.5 Å². The SMILES string of the molecule is O=C(CNCC(F)(F)F)Cc1ccc(Br)cn1. The van der Waals surface area contributed by atoms with E-state index >= 15 is 0 Å². The van der Waals surface area contributed by atoms with Crippen LogP contribution in [0.1, 0.15) is 5.69 Å². The summed E-state index contributed by atoms with van der Waals surface area (Å²) in [7, 11) is 0. The number of hydrogen-bond donors (Lipinski definition) is 1. The quantitative estimate of drug-likeness (QED) is 0.905. The lowest BCUT2D eigenvalue weighted by molar-refractivity contribution is -0.127. The Kier molecular flexibility index (Phi) is 5.07. The van der Waals surface area contributed by atoms with Gasteiger partial charge in [-0.05, 0) is 28.1 Å². The molecule has 0 aliphatic carbocycles. The van der Waals surface area contributed by atoms with Crippen molar-refractivity contribution >= 4 is 21.7 Å². The molecule has 0 amide bonds. The largest absolute Gasteiger partial charge is 0.401 e. The van der Waals surface area contributed by atoms with E-state index in [2.05, 4.69) is 20.9 Å². The van der Waals surface area contributed by atoms with Crippen LogP contribution in [0.2, 0.25) is 0 Å². The summed E-state index contributed by atoms with van der Waals surface area (Å²) in [5, 5.41) is 2.05. The molecule has 1 aromatic heterocycles. The molecule has 1 heterocycles. The minimum absolute atomic E-state index is 0.0259. The van der Waals surface area contributed by atoms with Crippen molar-refractivity contribution < 1.29 is 18.0 Å². The van der Waals surface area contributed by atoms with E-state index in [0.29, 0.717) is 5.69 Å². The van der Waals surface area contributed by atoms with Gasteiger partial charge in [0.2, 0.25) is 0 Å². The van der Waals surface area contributed by atoms with Gasteiger partial charge >= 0.3 is 6.18 Å². The maximum absolute atomic E-state index is 11.8. The summed E-state index contributed by atoms with van der Waals surface area (Å²) in [6, 6.07) is 3.37. The van der Waals surface area contributed by atoms with Gasteiger partial charge in [0, 0.05) is 16.4 Å². The fourth-order valence-corrected chi connectivity index (χ4v) is 1.35. The molecule has 0 bridgehead atoms. The molecule has 0 aliphatic heterocycles. The number of aromatic nitrogens is 1. The first-order valence-corrected chi connectivity index (χ1v) is 5.56. The number of carbonyl (C=O) groups excluding carboxylic acids is 1. The Labute approximate surface area is 105 Å². The molecule has 3 nitrogen and oxygen atoms in total. The van der Waals surface area contributed by atoms with Crippen molar-refractivity contribution in [2.24, 2.45) is 0 Å². The van der Waals surface area contributed by atoms with E-state index in [1.807, 2.05) is 5.32 Å². The number of pyridine rings is 1. The molecule has 0 spiro atoms. The number of halogens is 4. The molecule has 1 rings (SSSR count). The summed E-state index contributed by atoms with van der Waals surface area (Å²) < 4.78 is 36.1. The van der Waals surface area contributed by atoms with Gasteiger partial charge in [-0.15, -0.1) is 0 Å². The van der Waals surface area contributed by atoms with E-state index in [4.69, 9.17) is 0 Å². The minimum atomic E-state index is -4.30. The maximum atomic E-state index is 11.8. The number of nitrogens with zero attached hydrogens (tertiary/aromatic N) is 1. The molecular formula is C10H10BrF3N2O. The van der Waals surface area contributed by atoms with Gasteiger partial charge in [0.1, 0.15) is 0 Å². The van der Waals surface area contributed by atoms with Crippen LogP contribution in [0.5, 0.6) is 0 Å². The highest BCUT2D eigenvalue weighted by Crippen LogP contribution is 2.12. The Morgan fingerprint density at radius 2 is 2.12 bits per heavy atom. The molecule has 1 N–H and O–H groups in total. The second kappa shape index (κ2) is 6.11. The predicted octanol–water partition coefficient (Wildman–Crippen LogP) is 2.11. The Morgan fingerprint density at radius 1 is 1.41 bits per heavy atom. The van der Waals surface area contributed by atoms with Crippen molar-refractivity contribution in [3.63, 3.8) is 0 Å². The average molecular weight is 311 g/mol. The van der Waals surface area contributed by atoms with Crippen molar-refractivity contribution in [2.75, 3.05) is 13.1 Å². The topological polar surface area (TPSA) is 42.0 Å². The van der Waals surface area contributed by atoms with E-state index in [9.17, 15) is 18.0 Å². The summed E-state index contributed by atoms with van der Waals surface area (Å²) in [5.74, 6) is -0.330. The summed E-state index contributed by atoms with van der Waals surface area (Å²) in [4.78, 5) is 15.3. The first-order valence-electron chi connectivity index (χ1n) is 4.76. The van der Waals surface area contributed by atoms with Gasteiger partial charge < -0.3 is 5.32 Å². The predicted molar refractivity (Wildman–Crippen MR) is 59.6 cm³/mol. The number of alkyl halides is 3. The molecule has 0 radical (unpaired) electrons. The minimum Gasteiger partial charge on any atom is -0.302 e. The monoisotopic (exact) mass is 310 g/mol. The highest BCUT2D eigenvalue weighted by Gasteiger charge is 2.26. The van der Waals surface area contributed by atoms with Crippen LogP contribution >= 0.6 is 15.9 Å². The Morgan fingerprint density at radius 3 is 2.65 bits per heavy atom. The Balaban J connectivity index is 2.32. The molecule has 17 heavy (non-hydrogen) atoms. The number of hydrogen-bond acceptors (Lipinski definition) is 3. The van der Waals surface area contributed by atoms with Crippen molar-refractivity contribution in [3.8, 4) is 0 Å². The number of nitrogens with one attached hydrogen (secondary N) is 1. The second-order valence-corrected chi connectivity index (χ2v) is 4.32. The molecule has 1 aromatic rings. The third-order valence-electron chi connectivity index (χ3n) is 1.81. The Bertz CT molecular complexity index is 378. The molecular weight excluding hydrogens is 301 g/mol. The zero-order valence-corrected chi connectivity index (χ0v) is 10.3. The third-order valence-corrected chi connectivity index (χ3v) is 2.28. The zero-order chi connectivity index (χ0) is 12.9. The van der Waals surface area contributed by atoms with Crippen molar-refractivity contribution in [1.29, 1.82) is 0 Å². The van der Waals surface area contributed by atoms with Crippen LogP contribution in [-0.4, -0.2) is 30.0 Å². The number of carbonyl (C=O) groups is 1. The molecule has 94 valence electrons. The van der Waals surface area contributed by atoms with Crippen LogP contribution in [0.25, 0.3) is 0 Å². The fraction of sp³-hybridized carbons (Fsp3) is 0.400. The van der Waals surface area contributed by atoms with E-state index in [1.165, 1.54) is 6.20 Å². The second-order valence-electron chi connectivity index (χ2n) is 3.40. The van der Waals surface area contributed by atoms with Gasteiger partial charge in [0.05, 0.1) is 19.5 Å². The van der Waals surface area contributed by atoms with E-state index < -0.39 is 12.7 Å². The summed E-state index contributed by atoms with van der Waals surface area (Å²) >= 11 is 3.19. The fourth-order valence-electron chi connectivity index (χ4n) is 1.12. The third kappa shape index (κ3) is 6.38.